The maximum atomic E-state index is 10.6. The summed E-state index contributed by atoms with van der Waals surface area (Å²) in [7, 11) is 0. The van der Waals surface area contributed by atoms with E-state index in [0.29, 0.717) is 6.54 Å². The molecule has 0 rings (SSSR count). The van der Waals surface area contributed by atoms with Crippen LogP contribution in [0, 0.1) is 5.92 Å². The zero-order valence-electron chi connectivity index (χ0n) is 7.84. The van der Waals surface area contributed by atoms with Crippen LogP contribution >= 0.6 is 0 Å². The topological polar surface area (TPSA) is 55.1 Å². The maximum Gasteiger partial charge on any atom is 0.221 e. The lowest BCUT2D eigenvalue weighted by atomic mass is 10.2. The van der Waals surface area contributed by atoms with Crippen LogP contribution < -0.4 is 11.1 Å². The average molecular weight is 170 g/mol. The lowest BCUT2D eigenvalue weighted by molar-refractivity contribution is -0.121. The molecule has 0 heterocycles. The molecule has 0 radical (unpaired) electrons. The molecule has 0 aromatic carbocycles. The van der Waals surface area contributed by atoms with E-state index in [1.165, 1.54) is 0 Å². The first kappa shape index (κ1) is 11.2. The minimum Gasteiger partial charge on any atom is -0.369 e. The van der Waals surface area contributed by atoms with Crippen molar-refractivity contribution in [2.75, 3.05) is 13.1 Å². The summed E-state index contributed by atoms with van der Waals surface area (Å²) < 4.78 is 0. The maximum absolute atomic E-state index is 10.6. The van der Waals surface area contributed by atoms with Crippen LogP contribution in [0.3, 0.4) is 0 Å². The van der Waals surface area contributed by atoms with E-state index in [2.05, 4.69) is 11.4 Å². The molecular formula is C9H18N2O. The Labute approximate surface area is 74.0 Å². The molecule has 0 bridgehead atoms. The smallest absolute Gasteiger partial charge is 0.221 e. The summed E-state index contributed by atoms with van der Waals surface area (Å²) in [5, 5.41) is 3.15. The lowest BCUT2D eigenvalue weighted by Crippen LogP contribution is -2.31. The zero-order chi connectivity index (χ0) is 9.40. The van der Waals surface area contributed by atoms with Crippen LogP contribution in [0.5, 0.6) is 0 Å². The standard InChI is InChI=1S/C9H18N2O/c1-3-4-5-6-11-7-8(2)9(10)12/h3-4,8,11H,5-7H2,1-2H3,(H2,10,12)/b4-3+. The Balaban J connectivity index is 3.25. The quantitative estimate of drug-likeness (QED) is 0.454. The summed E-state index contributed by atoms with van der Waals surface area (Å²) in [5.74, 6) is -0.316. The largest absolute Gasteiger partial charge is 0.369 e. The van der Waals surface area contributed by atoms with Gasteiger partial charge in [-0.25, -0.2) is 0 Å². The Morgan fingerprint density at radius 2 is 2.33 bits per heavy atom. The Morgan fingerprint density at radius 3 is 2.83 bits per heavy atom. The minimum atomic E-state index is -0.242. The molecule has 70 valence electrons. The molecule has 0 aromatic heterocycles. The SMILES string of the molecule is C/C=C/CCNCC(C)C(N)=O. The number of carbonyl (C=O) groups excluding carboxylic acids is 1. The third-order valence-electron chi connectivity index (χ3n) is 1.66. The number of hydrogen-bond donors (Lipinski definition) is 2. The van der Waals surface area contributed by atoms with E-state index >= 15 is 0 Å². The number of allylic oxidation sites excluding steroid dienone is 1. The van der Waals surface area contributed by atoms with Crippen molar-refractivity contribution in [3.05, 3.63) is 12.2 Å². The van der Waals surface area contributed by atoms with E-state index in [4.69, 9.17) is 5.73 Å². The highest BCUT2D eigenvalue weighted by molar-refractivity contribution is 5.76. The number of nitrogens with two attached hydrogens (primary N) is 1. The second-order valence-corrected chi connectivity index (χ2v) is 2.87. The normalized spacial score (nSPS) is 13.5. The number of carbonyl (C=O) groups is 1. The van der Waals surface area contributed by atoms with Gasteiger partial charge in [-0.15, -0.1) is 0 Å². The Bertz CT molecular complexity index is 155. The molecule has 1 amide bonds. The predicted molar refractivity (Wildman–Crippen MR) is 50.7 cm³/mol. The number of primary amides is 1. The molecule has 3 nitrogen and oxygen atoms in total. The van der Waals surface area contributed by atoms with Gasteiger partial charge in [0.05, 0.1) is 0 Å². The Kier molecular flexibility index (Phi) is 6.38. The number of hydrogen-bond acceptors (Lipinski definition) is 2. The van der Waals surface area contributed by atoms with Crippen LogP contribution in [0.25, 0.3) is 0 Å². The second-order valence-electron chi connectivity index (χ2n) is 2.87. The van der Waals surface area contributed by atoms with Gasteiger partial charge in [-0.3, -0.25) is 4.79 Å². The Hall–Kier alpha value is -0.830. The molecule has 0 fully saturated rings. The molecule has 0 aliphatic rings. The first-order valence-electron chi connectivity index (χ1n) is 4.29. The fraction of sp³-hybridized carbons (Fsp3) is 0.667. The van der Waals surface area contributed by atoms with Crippen molar-refractivity contribution < 1.29 is 4.79 Å². The van der Waals surface area contributed by atoms with E-state index in [1.807, 2.05) is 19.9 Å². The van der Waals surface area contributed by atoms with Crippen LogP contribution in [0.15, 0.2) is 12.2 Å². The summed E-state index contributed by atoms with van der Waals surface area (Å²) in [5.41, 5.74) is 5.08. The van der Waals surface area contributed by atoms with Crippen LogP contribution in [0.2, 0.25) is 0 Å². The summed E-state index contributed by atoms with van der Waals surface area (Å²) in [6.45, 7) is 5.39. The fourth-order valence-corrected chi connectivity index (χ4v) is 0.771. The van der Waals surface area contributed by atoms with Gasteiger partial charge < -0.3 is 11.1 Å². The highest BCUT2D eigenvalue weighted by atomic mass is 16.1. The summed E-state index contributed by atoms with van der Waals surface area (Å²) >= 11 is 0. The molecule has 0 aliphatic carbocycles. The van der Waals surface area contributed by atoms with Gasteiger partial charge in [0.2, 0.25) is 5.91 Å². The molecule has 0 aliphatic heterocycles. The van der Waals surface area contributed by atoms with Crippen LogP contribution in [0.1, 0.15) is 20.3 Å². The number of rotatable bonds is 6. The van der Waals surface area contributed by atoms with Gasteiger partial charge in [-0.05, 0) is 19.9 Å². The Morgan fingerprint density at radius 1 is 1.67 bits per heavy atom. The van der Waals surface area contributed by atoms with Crippen LogP contribution in [-0.4, -0.2) is 19.0 Å². The third kappa shape index (κ3) is 5.92. The first-order chi connectivity index (χ1) is 5.68. The molecule has 0 aromatic rings. The van der Waals surface area contributed by atoms with Crippen molar-refractivity contribution in [3.63, 3.8) is 0 Å². The third-order valence-corrected chi connectivity index (χ3v) is 1.66. The molecule has 0 spiro atoms. The molecule has 1 atom stereocenters. The van der Waals surface area contributed by atoms with Gasteiger partial charge in [0.25, 0.3) is 0 Å². The monoisotopic (exact) mass is 170 g/mol. The van der Waals surface area contributed by atoms with Crippen molar-refractivity contribution in [1.82, 2.24) is 5.32 Å². The molecular weight excluding hydrogens is 152 g/mol. The summed E-state index contributed by atoms with van der Waals surface area (Å²) in [4.78, 5) is 10.6. The van der Waals surface area contributed by atoms with E-state index in [9.17, 15) is 4.79 Å². The molecule has 0 saturated heterocycles. The fourth-order valence-electron chi connectivity index (χ4n) is 0.771. The van der Waals surface area contributed by atoms with Crippen molar-refractivity contribution in [2.24, 2.45) is 11.7 Å². The van der Waals surface area contributed by atoms with Gasteiger partial charge in [0, 0.05) is 12.5 Å². The molecule has 3 N–H and O–H groups in total. The van der Waals surface area contributed by atoms with Gasteiger partial charge in [-0.1, -0.05) is 19.1 Å². The number of amides is 1. The van der Waals surface area contributed by atoms with E-state index in [0.717, 1.165) is 13.0 Å². The van der Waals surface area contributed by atoms with E-state index in [-0.39, 0.29) is 11.8 Å². The van der Waals surface area contributed by atoms with Crippen LogP contribution in [0.4, 0.5) is 0 Å². The molecule has 1 unspecified atom stereocenters. The lowest BCUT2D eigenvalue weighted by Gasteiger charge is -2.07. The van der Waals surface area contributed by atoms with Gasteiger partial charge in [0.1, 0.15) is 0 Å². The first-order valence-corrected chi connectivity index (χ1v) is 4.29. The van der Waals surface area contributed by atoms with Crippen molar-refractivity contribution >= 4 is 5.91 Å². The summed E-state index contributed by atoms with van der Waals surface area (Å²) in [6, 6.07) is 0. The van der Waals surface area contributed by atoms with Gasteiger partial charge in [0.15, 0.2) is 0 Å². The highest BCUT2D eigenvalue weighted by Crippen LogP contribution is 1.89. The second kappa shape index (κ2) is 6.85. The average Bonchev–Trinajstić information content (AvgIpc) is 2.03. The van der Waals surface area contributed by atoms with Crippen molar-refractivity contribution in [2.45, 2.75) is 20.3 Å². The van der Waals surface area contributed by atoms with E-state index in [1.54, 1.807) is 0 Å². The van der Waals surface area contributed by atoms with Crippen molar-refractivity contribution in [3.8, 4) is 0 Å². The zero-order valence-corrected chi connectivity index (χ0v) is 7.84. The van der Waals surface area contributed by atoms with Crippen molar-refractivity contribution in [1.29, 1.82) is 0 Å². The highest BCUT2D eigenvalue weighted by Gasteiger charge is 2.06. The molecule has 0 saturated carbocycles. The van der Waals surface area contributed by atoms with Crippen LogP contribution in [-0.2, 0) is 4.79 Å². The van der Waals surface area contributed by atoms with Gasteiger partial charge >= 0.3 is 0 Å². The number of nitrogens with one attached hydrogen (secondary N) is 1. The molecule has 3 heteroatoms. The minimum absolute atomic E-state index is 0.0735. The predicted octanol–water partition coefficient (Wildman–Crippen LogP) is 0.664. The summed E-state index contributed by atoms with van der Waals surface area (Å²) in [6.07, 6.45) is 5.10. The van der Waals surface area contributed by atoms with Gasteiger partial charge in [-0.2, -0.15) is 0 Å². The molecule has 12 heavy (non-hydrogen) atoms. The van der Waals surface area contributed by atoms with E-state index < -0.39 is 0 Å².